The average Bonchev–Trinajstić information content (AvgIpc) is 3.03. The van der Waals surface area contributed by atoms with E-state index in [-0.39, 0.29) is 17.9 Å². The number of rotatable bonds is 6. The van der Waals surface area contributed by atoms with Crippen molar-refractivity contribution in [2.75, 3.05) is 19.8 Å². The van der Waals surface area contributed by atoms with E-state index in [4.69, 9.17) is 10.5 Å². The lowest BCUT2D eigenvalue weighted by Crippen LogP contribution is -2.40. The predicted octanol–water partition coefficient (Wildman–Crippen LogP) is 1.57. The van der Waals surface area contributed by atoms with Gasteiger partial charge in [-0.2, -0.15) is 0 Å². The first-order chi connectivity index (χ1) is 11.8. The van der Waals surface area contributed by atoms with E-state index in [1.54, 1.807) is 12.4 Å². The van der Waals surface area contributed by atoms with Crippen LogP contribution in [0.1, 0.15) is 21.5 Å². The van der Waals surface area contributed by atoms with Gasteiger partial charge >= 0.3 is 0 Å². The summed E-state index contributed by atoms with van der Waals surface area (Å²) < 4.78 is 5.59. The monoisotopic (exact) mass is 325 g/mol. The van der Waals surface area contributed by atoms with Crippen LogP contribution in [0.15, 0.2) is 48.8 Å². The van der Waals surface area contributed by atoms with Gasteiger partial charge < -0.3 is 15.8 Å². The van der Waals surface area contributed by atoms with E-state index in [0.717, 1.165) is 18.4 Å². The maximum absolute atomic E-state index is 12.5. The Balaban J connectivity index is 1.60. The van der Waals surface area contributed by atoms with E-state index in [2.05, 4.69) is 10.3 Å². The third kappa shape index (κ3) is 4.19. The first-order valence-electron chi connectivity index (χ1n) is 8.33. The number of carbonyl (C=O) groups excluding carboxylic acids is 1. The van der Waals surface area contributed by atoms with Crippen LogP contribution in [-0.2, 0) is 17.6 Å². The molecule has 0 radical (unpaired) electrons. The lowest BCUT2D eigenvalue weighted by Gasteiger charge is -2.19. The van der Waals surface area contributed by atoms with Gasteiger partial charge in [-0.05, 0) is 54.8 Å². The van der Waals surface area contributed by atoms with Crippen LogP contribution in [0.25, 0.3) is 0 Å². The Labute approximate surface area is 142 Å². The summed E-state index contributed by atoms with van der Waals surface area (Å²) in [7, 11) is 0. The van der Waals surface area contributed by atoms with Crippen molar-refractivity contribution in [2.24, 2.45) is 11.7 Å². The molecule has 2 atom stereocenters. The van der Waals surface area contributed by atoms with Gasteiger partial charge in [-0.3, -0.25) is 9.78 Å². The van der Waals surface area contributed by atoms with Crippen molar-refractivity contribution in [2.45, 2.75) is 18.9 Å². The molecule has 1 fully saturated rings. The minimum absolute atomic E-state index is 0.0365. The van der Waals surface area contributed by atoms with Crippen molar-refractivity contribution in [1.29, 1.82) is 0 Å². The summed E-state index contributed by atoms with van der Waals surface area (Å²) in [5.41, 5.74) is 8.58. The number of carbonyl (C=O) groups is 1. The number of hydrogen-bond donors (Lipinski definition) is 2. The third-order valence-electron chi connectivity index (χ3n) is 4.41. The van der Waals surface area contributed by atoms with Crippen LogP contribution in [-0.4, -0.2) is 36.7 Å². The lowest BCUT2D eigenvalue weighted by atomic mass is 9.95. The number of amides is 1. The van der Waals surface area contributed by atoms with Crippen molar-refractivity contribution in [3.05, 3.63) is 65.5 Å². The molecule has 0 aliphatic carbocycles. The Morgan fingerprint density at radius 1 is 1.12 bits per heavy atom. The average molecular weight is 325 g/mol. The molecule has 3 N–H and O–H groups in total. The van der Waals surface area contributed by atoms with Crippen LogP contribution in [0.2, 0.25) is 0 Å². The Bertz CT molecular complexity index is 658. The van der Waals surface area contributed by atoms with E-state index in [1.165, 1.54) is 5.56 Å². The zero-order valence-corrected chi connectivity index (χ0v) is 13.7. The van der Waals surface area contributed by atoms with Crippen LogP contribution >= 0.6 is 0 Å². The summed E-state index contributed by atoms with van der Waals surface area (Å²) in [6.07, 6.45) is 5.29. The fourth-order valence-electron chi connectivity index (χ4n) is 3.02. The van der Waals surface area contributed by atoms with Crippen LogP contribution in [0.5, 0.6) is 0 Å². The van der Waals surface area contributed by atoms with Gasteiger partial charge in [0.25, 0.3) is 5.91 Å². The topological polar surface area (TPSA) is 77.2 Å². The highest BCUT2D eigenvalue weighted by atomic mass is 16.5. The highest BCUT2D eigenvalue weighted by Crippen LogP contribution is 2.19. The van der Waals surface area contributed by atoms with Gasteiger partial charge in [0.15, 0.2) is 0 Å². The highest BCUT2D eigenvalue weighted by Gasteiger charge is 2.29. The van der Waals surface area contributed by atoms with Crippen LogP contribution in [0.3, 0.4) is 0 Å². The first kappa shape index (κ1) is 16.6. The Kier molecular flexibility index (Phi) is 5.56. The third-order valence-corrected chi connectivity index (χ3v) is 4.41. The van der Waals surface area contributed by atoms with Gasteiger partial charge in [-0.15, -0.1) is 0 Å². The zero-order chi connectivity index (χ0) is 16.8. The molecule has 24 heavy (non-hydrogen) atoms. The number of benzene rings is 1. The zero-order valence-electron chi connectivity index (χ0n) is 13.7. The molecule has 0 spiro atoms. The molecular weight excluding hydrogens is 302 g/mol. The van der Waals surface area contributed by atoms with E-state index in [1.807, 2.05) is 36.4 Å². The minimum Gasteiger partial charge on any atom is -0.379 e. The number of hydrogen-bond acceptors (Lipinski definition) is 4. The van der Waals surface area contributed by atoms with Crippen molar-refractivity contribution in [3.63, 3.8) is 0 Å². The fraction of sp³-hybridized carbons (Fsp3) is 0.368. The van der Waals surface area contributed by atoms with Gasteiger partial charge in [0, 0.05) is 23.9 Å². The summed E-state index contributed by atoms with van der Waals surface area (Å²) >= 11 is 0. The SMILES string of the molecule is NCCc1ccc(C(=O)N[C@H]2COC[C@H]2Cc2ccncc2)cc1. The summed E-state index contributed by atoms with van der Waals surface area (Å²) in [5, 5.41) is 3.11. The molecule has 1 aliphatic rings. The minimum atomic E-state index is -0.0514. The van der Waals surface area contributed by atoms with Gasteiger partial charge in [0.2, 0.25) is 0 Å². The molecule has 0 unspecified atom stereocenters. The largest absolute Gasteiger partial charge is 0.379 e. The normalized spacial score (nSPS) is 20.0. The number of nitrogens with two attached hydrogens (primary N) is 1. The van der Waals surface area contributed by atoms with Crippen molar-refractivity contribution >= 4 is 5.91 Å². The van der Waals surface area contributed by atoms with Crippen LogP contribution in [0, 0.1) is 5.92 Å². The van der Waals surface area contributed by atoms with Crippen LogP contribution in [0.4, 0.5) is 0 Å². The fourth-order valence-corrected chi connectivity index (χ4v) is 3.02. The van der Waals surface area contributed by atoms with E-state index >= 15 is 0 Å². The van der Waals surface area contributed by atoms with Crippen molar-refractivity contribution < 1.29 is 9.53 Å². The van der Waals surface area contributed by atoms with Crippen molar-refractivity contribution in [1.82, 2.24) is 10.3 Å². The number of aromatic nitrogens is 1. The maximum Gasteiger partial charge on any atom is 0.251 e. The van der Waals surface area contributed by atoms with Crippen molar-refractivity contribution in [3.8, 4) is 0 Å². The Morgan fingerprint density at radius 3 is 2.58 bits per heavy atom. The summed E-state index contributed by atoms with van der Waals surface area (Å²) in [4.78, 5) is 16.5. The van der Waals surface area contributed by atoms with E-state index in [0.29, 0.717) is 25.3 Å². The van der Waals surface area contributed by atoms with E-state index < -0.39 is 0 Å². The second-order valence-electron chi connectivity index (χ2n) is 6.17. The second-order valence-corrected chi connectivity index (χ2v) is 6.17. The Morgan fingerprint density at radius 2 is 1.88 bits per heavy atom. The first-order valence-corrected chi connectivity index (χ1v) is 8.33. The molecule has 1 amide bonds. The predicted molar refractivity (Wildman–Crippen MR) is 92.7 cm³/mol. The lowest BCUT2D eigenvalue weighted by molar-refractivity contribution is 0.0925. The summed E-state index contributed by atoms with van der Waals surface area (Å²) in [6.45, 7) is 1.84. The molecule has 2 heterocycles. The second kappa shape index (κ2) is 8.04. The quantitative estimate of drug-likeness (QED) is 0.845. The summed E-state index contributed by atoms with van der Waals surface area (Å²) in [5.74, 6) is 0.234. The van der Waals surface area contributed by atoms with Crippen LogP contribution < -0.4 is 11.1 Å². The molecular formula is C19H23N3O2. The maximum atomic E-state index is 12.5. The number of nitrogens with one attached hydrogen (secondary N) is 1. The molecule has 1 saturated heterocycles. The molecule has 5 nitrogen and oxygen atoms in total. The number of nitrogens with zero attached hydrogens (tertiary/aromatic N) is 1. The standard InChI is InChI=1S/C19H23N3O2/c20-8-5-14-1-3-16(4-2-14)19(23)22-18-13-24-12-17(18)11-15-6-9-21-10-7-15/h1-4,6-7,9-10,17-18H,5,8,11-13,20H2,(H,22,23)/t17-,18+/m1/s1. The molecule has 1 aliphatic heterocycles. The molecule has 1 aromatic carbocycles. The van der Waals surface area contributed by atoms with Gasteiger partial charge in [-0.1, -0.05) is 12.1 Å². The molecule has 0 saturated carbocycles. The molecule has 2 aromatic rings. The molecule has 1 aromatic heterocycles. The number of pyridine rings is 1. The van der Waals surface area contributed by atoms with Gasteiger partial charge in [-0.25, -0.2) is 0 Å². The summed E-state index contributed by atoms with van der Waals surface area (Å²) in [6, 6.07) is 11.7. The molecule has 126 valence electrons. The van der Waals surface area contributed by atoms with E-state index in [9.17, 15) is 4.79 Å². The molecule has 3 rings (SSSR count). The smallest absolute Gasteiger partial charge is 0.251 e. The van der Waals surface area contributed by atoms with Gasteiger partial charge in [0.05, 0.1) is 19.3 Å². The highest BCUT2D eigenvalue weighted by molar-refractivity contribution is 5.94. The molecule has 5 heteroatoms. The number of ether oxygens (including phenoxy) is 1. The molecule has 0 bridgehead atoms. The van der Waals surface area contributed by atoms with Gasteiger partial charge in [0.1, 0.15) is 0 Å². The Hall–Kier alpha value is -2.24.